The summed E-state index contributed by atoms with van der Waals surface area (Å²) in [6.07, 6.45) is 5.93. The van der Waals surface area contributed by atoms with Crippen LogP contribution in [0.4, 0.5) is 5.95 Å². The van der Waals surface area contributed by atoms with E-state index in [0.717, 1.165) is 12.1 Å². The average Bonchev–Trinajstić information content (AvgIpc) is 3.09. The third-order valence-corrected chi connectivity index (χ3v) is 2.47. The van der Waals surface area contributed by atoms with E-state index in [-0.39, 0.29) is 12.5 Å². The number of nitrogens with zero attached hydrogens (tertiary/aromatic N) is 2. The number of nitrogens with one attached hydrogen (secondary N) is 2. The highest BCUT2D eigenvalue weighted by Crippen LogP contribution is 2.27. The van der Waals surface area contributed by atoms with Crippen molar-refractivity contribution in [3.63, 3.8) is 0 Å². The largest absolute Gasteiger partial charge is 0.354 e. The third-order valence-electron chi connectivity index (χ3n) is 2.47. The van der Waals surface area contributed by atoms with E-state index in [1.54, 1.807) is 12.4 Å². The Morgan fingerprint density at radius 2 is 2.12 bits per heavy atom. The van der Waals surface area contributed by atoms with Gasteiger partial charge in [-0.15, -0.1) is 0 Å². The Balaban J connectivity index is 1.69. The van der Waals surface area contributed by atoms with E-state index in [2.05, 4.69) is 20.6 Å². The van der Waals surface area contributed by atoms with Gasteiger partial charge in [-0.05, 0) is 31.2 Å². The van der Waals surface area contributed by atoms with E-state index >= 15 is 0 Å². The highest BCUT2D eigenvalue weighted by atomic mass is 16.1. The van der Waals surface area contributed by atoms with Gasteiger partial charge in [0.15, 0.2) is 0 Å². The number of amides is 1. The molecular formula is C11H16N4O. The molecule has 1 saturated carbocycles. The zero-order chi connectivity index (χ0) is 11.4. The Morgan fingerprint density at radius 3 is 2.75 bits per heavy atom. The monoisotopic (exact) mass is 220 g/mol. The maximum atomic E-state index is 11.4. The standard InChI is InChI=1S/C11H16N4O/c1-8-4-13-11(14-5-8)15-7-10(16)12-6-9-2-3-9/h4-5,9H,2-3,6-7H2,1H3,(H,12,16)(H,13,14,15). The summed E-state index contributed by atoms with van der Waals surface area (Å²) in [5.41, 5.74) is 1.00. The molecule has 0 bridgehead atoms. The molecule has 0 aliphatic heterocycles. The van der Waals surface area contributed by atoms with Crippen LogP contribution in [0.1, 0.15) is 18.4 Å². The van der Waals surface area contributed by atoms with Gasteiger partial charge >= 0.3 is 0 Å². The predicted molar refractivity (Wildman–Crippen MR) is 61.0 cm³/mol. The smallest absolute Gasteiger partial charge is 0.239 e. The number of aryl methyl sites for hydroxylation is 1. The molecule has 1 aliphatic carbocycles. The van der Waals surface area contributed by atoms with E-state index in [4.69, 9.17) is 0 Å². The fourth-order valence-corrected chi connectivity index (χ4v) is 1.29. The number of aromatic nitrogens is 2. The first-order valence-electron chi connectivity index (χ1n) is 5.53. The molecule has 0 unspecified atom stereocenters. The highest BCUT2D eigenvalue weighted by Gasteiger charge is 2.21. The normalized spacial score (nSPS) is 14.6. The van der Waals surface area contributed by atoms with Crippen LogP contribution in [0, 0.1) is 12.8 Å². The molecule has 1 fully saturated rings. The van der Waals surface area contributed by atoms with Crippen LogP contribution in [0.25, 0.3) is 0 Å². The molecule has 16 heavy (non-hydrogen) atoms. The van der Waals surface area contributed by atoms with Crippen LogP contribution >= 0.6 is 0 Å². The molecule has 86 valence electrons. The van der Waals surface area contributed by atoms with E-state index < -0.39 is 0 Å². The molecule has 2 rings (SSSR count). The van der Waals surface area contributed by atoms with Gasteiger partial charge in [0.1, 0.15) is 0 Å². The molecule has 5 nitrogen and oxygen atoms in total. The Labute approximate surface area is 94.7 Å². The topological polar surface area (TPSA) is 66.9 Å². The summed E-state index contributed by atoms with van der Waals surface area (Å²) in [6.45, 7) is 2.96. The molecule has 2 N–H and O–H groups in total. The van der Waals surface area contributed by atoms with Crippen LogP contribution in [0.3, 0.4) is 0 Å². The zero-order valence-corrected chi connectivity index (χ0v) is 9.36. The van der Waals surface area contributed by atoms with E-state index in [0.29, 0.717) is 11.9 Å². The van der Waals surface area contributed by atoms with Gasteiger partial charge in [0.25, 0.3) is 0 Å². The van der Waals surface area contributed by atoms with Crippen molar-refractivity contribution in [1.82, 2.24) is 15.3 Å². The molecule has 1 aromatic rings. The zero-order valence-electron chi connectivity index (χ0n) is 9.36. The lowest BCUT2D eigenvalue weighted by Crippen LogP contribution is -2.31. The second-order valence-electron chi connectivity index (χ2n) is 4.19. The van der Waals surface area contributed by atoms with Crippen molar-refractivity contribution in [3.05, 3.63) is 18.0 Å². The number of hydrogen-bond acceptors (Lipinski definition) is 4. The molecule has 0 radical (unpaired) electrons. The van der Waals surface area contributed by atoms with Crippen molar-refractivity contribution in [2.24, 2.45) is 5.92 Å². The second kappa shape index (κ2) is 4.92. The highest BCUT2D eigenvalue weighted by molar-refractivity contribution is 5.80. The van der Waals surface area contributed by atoms with Gasteiger partial charge in [-0.1, -0.05) is 0 Å². The Bertz CT molecular complexity index is 359. The minimum absolute atomic E-state index is 0.00363. The maximum Gasteiger partial charge on any atom is 0.239 e. The van der Waals surface area contributed by atoms with Crippen LogP contribution in [0.5, 0.6) is 0 Å². The Morgan fingerprint density at radius 1 is 1.44 bits per heavy atom. The number of carbonyl (C=O) groups is 1. The lowest BCUT2D eigenvalue weighted by molar-refractivity contribution is -0.119. The first kappa shape index (κ1) is 10.9. The molecule has 0 atom stereocenters. The van der Waals surface area contributed by atoms with Crippen LogP contribution in [0.2, 0.25) is 0 Å². The van der Waals surface area contributed by atoms with Gasteiger partial charge in [0, 0.05) is 18.9 Å². The summed E-state index contributed by atoms with van der Waals surface area (Å²) in [5, 5.41) is 5.75. The van der Waals surface area contributed by atoms with Crippen molar-refractivity contribution in [1.29, 1.82) is 0 Å². The van der Waals surface area contributed by atoms with Crippen LogP contribution < -0.4 is 10.6 Å². The van der Waals surface area contributed by atoms with Gasteiger partial charge in [0.2, 0.25) is 11.9 Å². The fraction of sp³-hybridized carbons (Fsp3) is 0.545. The van der Waals surface area contributed by atoms with Gasteiger partial charge in [-0.2, -0.15) is 0 Å². The molecule has 1 amide bonds. The van der Waals surface area contributed by atoms with Crippen molar-refractivity contribution in [2.75, 3.05) is 18.4 Å². The number of anilines is 1. The van der Waals surface area contributed by atoms with Gasteiger partial charge in [-0.25, -0.2) is 9.97 Å². The first-order valence-corrected chi connectivity index (χ1v) is 5.53. The Hall–Kier alpha value is -1.65. The van der Waals surface area contributed by atoms with Gasteiger partial charge < -0.3 is 10.6 Å². The summed E-state index contributed by atoms with van der Waals surface area (Å²) >= 11 is 0. The van der Waals surface area contributed by atoms with Crippen LogP contribution in [-0.4, -0.2) is 29.0 Å². The van der Waals surface area contributed by atoms with E-state index in [9.17, 15) is 4.79 Å². The number of carbonyl (C=O) groups excluding carboxylic acids is 1. The molecule has 1 aliphatic rings. The van der Waals surface area contributed by atoms with E-state index in [1.165, 1.54) is 12.8 Å². The number of rotatable bonds is 5. The lowest BCUT2D eigenvalue weighted by atomic mass is 10.4. The van der Waals surface area contributed by atoms with Gasteiger partial charge in [0.05, 0.1) is 6.54 Å². The molecule has 1 aromatic heterocycles. The predicted octanol–water partition coefficient (Wildman–Crippen LogP) is 0.723. The minimum Gasteiger partial charge on any atom is -0.354 e. The lowest BCUT2D eigenvalue weighted by Gasteiger charge is -2.05. The van der Waals surface area contributed by atoms with E-state index in [1.807, 2.05) is 6.92 Å². The fourth-order valence-electron chi connectivity index (χ4n) is 1.29. The molecule has 1 heterocycles. The summed E-state index contributed by atoms with van der Waals surface area (Å²) < 4.78 is 0. The molecule has 5 heteroatoms. The minimum atomic E-state index is -0.00363. The molecule has 0 spiro atoms. The molecular weight excluding hydrogens is 204 g/mol. The summed E-state index contributed by atoms with van der Waals surface area (Å²) in [6, 6.07) is 0. The molecule has 0 aromatic carbocycles. The summed E-state index contributed by atoms with van der Waals surface area (Å²) in [7, 11) is 0. The van der Waals surface area contributed by atoms with Crippen molar-refractivity contribution in [2.45, 2.75) is 19.8 Å². The quantitative estimate of drug-likeness (QED) is 0.767. The maximum absolute atomic E-state index is 11.4. The summed E-state index contributed by atoms with van der Waals surface area (Å²) in [4.78, 5) is 19.5. The second-order valence-corrected chi connectivity index (χ2v) is 4.19. The van der Waals surface area contributed by atoms with Crippen molar-refractivity contribution in [3.8, 4) is 0 Å². The van der Waals surface area contributed by atoms with Crippen molar-refractivity contribution >= 4 is 11.9 Å². The average molecular weight is 220 g/mol. The first-order chi connectivity index (χ1) is 7.74. The summed E-state index contributed by atoms with van der Waals surface area (Å²) in [5.74, 6) is 1.20. The van der Waals surface area contributed by atoms with Crippen LogP contribution in [0.15, 0.2) is 12.4 Å². The Kier molecular flexibility index (Phi) is 3.34. The SMILES string of the molecule is Cc1cnc(NCC(=O)NCC2CC2)nc1. The third kappa shape index (κ3) is 3.49. The van der Waals surface area contributed by atoms with Crippen molar-refractivity contribution < 1.29 is 4.79 Å². The van der Waals surface area contributed by atoms with Gasteiger partial charge in [-0.3, -0.25) is 4.79 Å². The molecule has 0 saturated heterocycles. The van der Waals surface area contributed by atoms with Crippen LogP contribution in [-0.2, 0) is 4.79 Å². The number of hydrogen-bond donors (Lipinski definition) is 2.